The lowest BCUT2D eigenvalue weighted by Gasteiger charge is -2.32. The lowest BCUT2D eigenvalue weighted by atomic mass is 9.90. The number of halogens is 5. The third kappa shape index (κ3) is 4.31. The Labute approximate surface area is 199 Å². The smallest absolute Gasteiger partial charge is 0.410 e. The molecule has 0 bridgehead atoms. The number of nitrogens with one attached hydrogen (secondary N) is 2. The van der Waals surface area contributed by atoms with Crippen LogP contribution in [0.4, 0.5) is 23.7 Å². The van der Waals surface area contributed by atoms with Crippen LogP contribution >= 0.6 is 23.2 Å². The molecule has 0 fully saturated rings. The molecule has 1 aliphatic heterocycles. The van der Waals surface area contributed by atoms with E-state index in [0.29, 0.717) is 4.68 Å². The van der Waals surface area contributed by atoms with Crippen LogP contribution in [0.15, 0.2) is 35.5 Å². The standard InChI is InChI=1S/C19H14Cl2F3N7O3/c1-19(7-30-13(21)12(20)26-15(30)14(28-19)27-18(33)34)9-6-8(2-3-10(9)22)25-16(32)11-4-5-31(29-11)17(23)24/h2-6,17H,7H2,1H3,(H,25,32)(H,27,28)(H,33,34). The van der Waals surface area contributed by atoms with E-state index in [-0.39, 0.29) is 45.5 Å². The van der Waals surface area contributed by atoms with Crippen LogP contribution in [-0.4, -0.2) is 42.3 Å². The van der Waals surface area contributed by atoms with E-state index in [4.69, 9.17) is 23.2 Å². The van der Waals surface area contributed by atoms with Crippen molar-refractivity contribution >= 4 is 46.7 Å². The van der Waals surface area contributed by atoms with Crippen molar-refractivity contribution in [2.24, 2.45) is 4.99 Å². The predicted molar refractivity (Wildman–Crippen MR) is 115 cm³/mol. The second-order valence-corrected chi connectivity index (χ2v) is 8.09. The molecule has 3 N–H and O–H groups in total. The highest BCUT2D eigenvalue weighted by Gasteiger charge is 2.38. The molecule has 0 saturated carbocycles. The zero-order valence-corrected chi connectivity index (χ0v) is 18.6. The Morgan fingerprint density at radius 3 is 2.62 bits per heavy atom. The third-order valence-corrected chi connectivity index (χ3v) is 5.72. The summed E-state index contributed by atoms with van der Waals surface area (Å²) in [5.41, 5.74) is -1.57. The number of hydrogen-bond donors (Lipinski definition) is 3. The van der Waals surface area contributed by atoms with Crippen molar-refractivity contribution < 1.29 is 27.9 Å². The van der Waals surface area contributed by atoms with Crippen LogP contribution in [0.5, 0.6) is 0 Å². The van der Waals surface area contributed by atoms with Crippen LogP contribution < -0.4 is 10.6 Å². The number of carbonyl (C=O) groups is 2. The van der Waals surface area contributed by atoms with Gasteiger partial charge in [0.2, 0.25) is 0 Å². The fraction of sp³-hybridized carbons (Fsp3) is 0.211. The fourth-order valence-electron chi connectivity index (χ4n) is 3.48. The van der Waals surface area contributed by atoms with Crippen LogP contribution in [0.25, 0.3) is 0 Å². The van der Waals surface area contributed by atoms with Crippen LogP contribution in [0.1, 0.15) is 35.3 Å². The Kier molecular flexibility index (Phi) is 6.00. The zero-order chi connectivity index (χ0) is 24.8. The van der Waals surface area contributed by atoms with Crippen molar-refractivity contribution in [3.8, 4) is 0 Å². The normalized spacial score (nSPS) is 17.3. The zero-order valence-electron chi connectivity index (χ0n) is 17.1. The topological polar surface area (TPSA) is 126 Å². The highest BCUT2D eigenvalue weighted by atomic mass is 35.5. The van der Waals surface area contributed by atoms with Gasteiger partial charge in [-0.15, -0.1) is 0 Å². The number of carboxylic acid groups (broad SMARTS) is 1. The summed E-state index contributed by atoms with van der Waals surface area (Å²) < 4.78 is 42.0. The molecule has 34 heavy (non-hydrogen) atoms. The second-order valence-electron chi connectivity index (χ2n) is 7.37. The summed E-state index contributed by atoms with van der Waals surface area (Å²) in [6.07, 6.45) is -0.489. The van der Waals surface area contributed by atoms with Gasteiger partial charge in [-0.1, -0.05) is 23.2 Å². The first kappa shape index (κ1) is 23.6. The summed E-state index contributed by atoms with van der Waals surface area (Å²) in [5, 5.41) is 17.1. The highest BCUT2D eigenvalue weighted by Crippen LogP contribution is 2.37. The van der Waals surface area contributed by atoms with E-state index in [1.54, 1.807) is 0 Å². The predicted octanol–water partition coefficient (Wildman–Crippen LogP) is 4.12. The molecule has 15 heteroatoms. The maximum atomic E-state index is 14.9. The minimum Gasteiger partial charge on any atom is -0.465 e. The molecule has 1 atom stereocenters. The lowest BCUT2D eigenvalue weighted by Crippen LogP contribution is -2.41. The van der Waals surface area contributed by atoms with Gasteiger partial charge >= 0.3 is 12.6 Å². The maximum absolute atomic E-state index is 14.9. The van der Waals surface area contributed by atoms with Crippen LogP contribution in [0.2, 0.25) is 10.3 Å². The number of carbonyl (C=O) groups excluding carboxylic acids is 1. The molecular weight excluding hydrogens is 502 g/mol. The SMILES string of the molecule is CC1(c2cc(NC(=O)c3ccn(C(F)F)n3)ccc2F)Cn2c(nc(Cl)c2Cl)C(NC(=O)O)=N1. The Bertz CT molecular complexity index is 1340. The molecule has 1 unspecified atom stereocenters. The maximum Gasteiger partial charge on any atom is 0.410 e. The van der Waals surface area contributed by atoms with Gasteiger partial charge in [-0.2, -0.15) is 13.9 Å². The Balaban J connectivity index is 1.70. The first-order chi connectivity index (χ1) is 16.0. The number of amides is 2. The van der Waals surface area contributed by atoms with Crippen LogP contribution in [-0.2, 0) is 12.1 Å². The number of nitrogens with zero attached hydrogens (tertiary/aromatic N) is 5. The molecular formula is C19H14Cl2F3N7O3. The van der Waals surface area contributed by atoms with Gasteiger partial charge < -0.3 is 15.0 Å². The van der Waals surface area contributed by atoms with Gasteiger partial charge in [0.05, 0.1) is 6.54 Å². The van der Waals surface area contributed by atoms with Gasteiger partial charge in [0, 0.05) is 17.4 Å². The number of hydrogen-bond acceptors (Lipinski definition) is 5. The minimum absolute atomic E-state index is 0.00182. The number of benzene rings is 1. The first-order valence-corrected chi connectivity index (χ1v) is 10.2. The molecule has 4 rings (SSSR count). The Morgan fingerprint density at radius 2 is 1.97 bits per heavy atom. The second kappa shape index (κ2) is 8.65. The van der Waals surface area contributed by atoms with E-state index in [1.165, 1.54) is 23.6 Å². The first-order valence-electron chi connectivity index (χ1n) is 9.45. The number of aliphatic imine (C=N–C) groups is 1. The molecule has 0 aliphatic carbocycles. The number of anilines is 1. The molecule has 2 amide bonds. The fourth-order valence-corrected chi connectivity index (χ4v) is 3.84. The van der Waals surface area contributed by atoms with Crippen molar-refractivity contribution in [2.75, 3.05) is 5.32 Å². The van der Waals surface area contributed by atoms with E-state index in [1.807, 2.05) is 0 Å². The third-order valence-electron chi connectivity index (χ3n) is 4.97. The van der Waals surface area contributed by atoms with E-state index in [2.05, 4.69) is 25.7 Å². The largest absolute Gasteiger partial charge is 0.465 e. The Hall–Kier alpha value is -3.58. The summed E-state index contributed by atoms with van der Waals surface area (Å²) in [4.78, 5) is 32.0. The summed E-state index contributed by atoms with van der Waals surface area (Å²) in [6, 6.07) is 4.73. The number of fused-ring (bicyclic) bond motifs is 1. The number of amidine groups is 1. The lowest BCUT2D eigenvalue weighted by molar-refractivity contribution is 0.0561. The Morgan fingerprint density at radius 1 is 1.24 bits per heavy atom. The average Bonchev–Trinajstić information content (AvgIpc) is 3.36. The van der Waals surface area contributed by atoms with Gasteiger partial charge in [-0.3, -0.25) is 15.1 Å². The molecule has 0 radical (unpaired) electrons. The van der Waals surface area contributed by atoms with Crippen molar-refractivity contribution in [1.29, 1.82) is 0 Å². The molecule has 3 aromatic rings. The van der Waals surface area contributed by atoms with E-state index >= 15 is 0 Å². The van der Waals surface area contributed by atoms with E-state index in [0.717, 1.165) is 18.3 Å². The molecule has 3 heterocycles. The van der Waals surface area contributed by atoms with E-state index < -0.39 is 29.9 Å². The van der Waals surface area contributed by atoms with Crippen LogP contribution in [0, 0.1) is 5.82 Å². The molecule has 10 nitrogen and oxygen atoms in total. The molecule has 0 spiro atoms. The average molecular weight is 516 g/mol. The quantitative estimate of drug-likeness (QED) is 0.481. The molecule has 0 saturated heterocycles. The van der Waals surface area contributed by atoms with E-state index in [9.17, 15) is 27.9 Å². The van der Waals surface area contributed by atoms with Crippen molar-refractivity contribution in [1.82, 2.24) is 24.6 Å². The van der Waals surface area contributed by atoms with Crippen LogP contribution in [0.3, 0.4) is 0 Å². The summed E-state index contributed by atoms with van der Waals surface area (Å²) in [6.45, 7) is -1.44. The molecule has 1 aliphatic rings. The summed E-state index contributed by atoms with van der Waals surface area (Å²) >= 11 is 12.2. The highest BCUT2D eigenvalue weighted by molar-refractivity contribution is 6.41. The summed E-state index contributed by atoms with van der Waals surface area (Å²) in [7, 11) is 0. The van der Waals surface area contributed by atoms with Crippen molar-refractivity contribution in [3.05, 3.63) is 63.7 Å². The molecule has 1 aromatic carbocycles. The monoisotopic (exact) mass is 515 g/mol. The van der Waals surface area contributed by atoms with Crippen molar-refractivity contribution in [3.63, 3.8) is 0 Å². The number of aromatic nitrogens is 4. The number of alkyl halides is 2. The van der Waals surface area contributed by atoms with Gasteiger partial charge in [0.15, 0.2) is 22.5 Å². The van der Waals surface area contributed by atoms with Crippen molar-refractivity contribution in [2.45, 2.75) is 25.6 Å². The van der Waals surface area contributed by atoms with Gasteiger partial charge in [-0.05, 0) is 31.2 Å². The molecule has 178 valence electrons. The number of rotatable bonds is 4. The van der Waals surface area contributed by atoms with Gasteiger partial charge in [-0.25, -0.2) is 18.9 Å². The minimum atomic E-state index is -2.91. The number of imidazole rings is 1. The van der Waals surface area contributed by atoms with Gasteiger partial charge in [0.25, 0.3) is 5.91 Å². The van der Waals surface area contributed by atoms with Gasteiger partial charge in [0.1, 0.15) is 16.5 Å². The molecule has 2 aromatic heterocycles. The summed E-state index contributed by atoms with van der Waals surface area (Å²) in [5.74, 6) is -1.66.